The van der Waals surface area contributed by atoms with E-state index in [1.54, 1.807) is 0 Å². The molecule has 1 aromatic rings. The largest absolute Gasteiger partial charge is 0.354 e. The molecule has 1 rings (SSSR count). The molecule has 0 radical (unpaired) electrons. The van der Waals surface area contributed by atoms with E-state index in [9.17, 15) is 0 Å². The van der Waals surface area contributed by atoms with Crippen LogP contribution in [-0.4, -0.2) is 11.1 Å². The highest BCUT2D eigenvalue weighted by Gasteiger charge is 1.93. The highest BCUT2D eigenvalue weighted by Crippen LogP contribution is 2.00. The molecular weight excluding hydrogens is 140 g/mol. The second-order valence-corrected chi connectivity index (χ2v) is 2.31. The van der Waals surface area contributed by atoms with Crippen molar-refractivity contribution in [3.63, 3.8) is 0 Å². The number of hydrogen-bond acceptors (Lipinski definition) is 1. The first kappa shape index (κ1) is 7.69. The molecule has 0 bridgehead atoms. The zero-order valence-corrected chi connectivity index (χ0v) is 6.44. The summed E-state index contributed by atoms with van der Waals surface area (Å²) in [6.07, 6.45) is 2.79. The molecule has 1 aromatic heterocycles. The smallest absolute Gasteiger partial charge is 0.0312 e. The lowest BCUT2D eigenvalue weighted by molar-refractivity contribution is 0.804. The first-order chi connectivity index (χ1) is 5.34. The summed E-state index contributed by atoms with van der Waals surface area (Å²) in [5, 5.41) is 3.46. The molecule has 0 spiro atoms. The minimum atomic E-state index is 0.536. The number of nitrogens with zero attached hydrogens (tertiary/aromatic N) is 4. The Balaban J connectivity index is 2.50. The molecule has 58 valence electrons. The molecule has 0 saturated carbocycles. The average molecular weight is 150 g/mol. The van der Waals surface area contributed by atoms with Crippen LogP contribution >= 0.6 is 0 Å². The average Bonchev–Trinajstić information content (AvgIpc) is 2.37. The zero-order valence-electron chi connectivity index (χ0n) is 6.44. The lowest BCUT2D eigenvalue weighted by Gasteiger charge is -1.98. The van der Waals surface area contributed by atoms with E-state index in [1.165, 1.54) is 5.69 Å². The topological polar surface area (TPSA) is 53.7 Å². The second kappa shape index (κ2) is 3.68. The summed E-state index contributed by atoms with van der Waals surface area (Å²) in [7, 11) is 1.98. The van der Waals surface area contributed by atoms with Crippen LogP contribution in [0.3, 0.4) is 0 Å². The SMILES string of the molecule is Cn1cccc1CCN=[N+]=[N-]. The summed E-state index contributed by atoms with van der Waals surface area (Å²) < 4.78 is 2.02. The van der Waals surface area contributed by atoms with Gasteiger partial charge in [-0.05, 0) is 24.1 Å². The van der Waals surface area contributed by atoms with Gasteiger partial charge in [0.2, 0.25) is 0 Å². The second-order valence-electron chi connectivity index (χ2n) is 2.31. The Bertz CT molecular complexity index is 270. The fraction of sp³-hybridized carbons (Fsp3) is 0.429. The molecule has 0 aliphatic heterocycles. The van der Waals surface area contributed by atoms with E-state index >= 15 is 0 Å². The van der Waals surface area contributed by atoms with Crippen molar-refractivity contribution in [2.75, 3.05) is 6.54 Å². The Morgan fingerprint density at radius 1 is 1.73 bits per heavy atom. The molecular formula is C7H10N4. The van der Waals surface area contributed by atoms with Gasteiger partial charge in [-0.15, -0.1) is 0 Å². The summed E-state index contributed by atoms with van der Waals surface area (Å²) in [6.45, 7) is 0.536. The predicted molar refractivity (Wildman–Crippen MR) is 43.1 cm³/mol. The van der Waals surface area contributed by atoms with E-state index in [-0.39, 0.29) is 0 Å². The molecule has 0 atom stereocenters. The van der Waals surface area contributed by atoms with E-state index < -0.39 is 0 Å². The monoisotopic (exact) mass is 150 g/mol. The van der Waals surface area contributed by atoms with Crippen molar-refractivity contribution < 1.29 is 0 Å². The van der Waals surface area contributed by atoms with Crippen molar-refractivity contribution in [1.29, 1.82) is 0 Å². The van der Waals surface area contributed by atoms with Crippen molar-refractivity contribution >= 4 is 0 Å². The van der Waals surface area contributed by atoms with Crippen LogP contribution in [0.2, 0.25) is 0 Å². The van der Waals surface area contributed by atoms with Crippen LogP contribution in [0.25, 0.3) is 10.4 Å². The minimum Gasteiger partial charge on any atom is -0.354 e. The normalized spacial score (nSPS) is 9.18. The zero-order chi connectivity index (χ0) is 8.10. The van der Waals surface area contributed by atoms with Crippen LogP contribution in [0.15, 0.2) is 23.4 Å². The number of azide groups is 1. The summed E-state index contributed by atoms with van der Waals surface area (Å²) in [5.74, 6) is 0. The molecule has 0 amide bonds. The summed E-state index contributed by atoms with van der Waals surface area (Å²) in [5.41, 5.74) is 9.21. The van der Waals surface area contributed by atoms with E-state index in [2.05, 4.69) is 10.0 Å². The molecule has 0 aliphatic carbocycles. The summed E-state index contributed by atoms with van der Waals surface area (Å²) in [4.78, 5) is 2.68. The number of aromatic nitrogens is 1. The standard InChI is InChI=1S/C7H10N4/c1-11-6-2-3-7(11)4-5-9-10-8/h2-3,6H,4-5H2,1H3. The van der Waals surface area contributed by atoms with Gasteiger partial charge in [-0.25, -0.2) is 0 Å². The van der Waals surface area contributed by atoms with E-state index in [4.69, 9.17) is 5.53 Å². The van der Waals surface area contributed by atoms with Gasteiger partial charge in [-0.1, -0.05) is 5.11 Å². The number of hydrogen-bond donors (Lipinski definition) is 0. The third kappa shape index (κ3) is 2.02. The quantitative estimate of drug-likeness (QED) is 0.359. The Kier molecular flexibility index (Phi) is 2.58. The van der Waals surface area contributed by atoms with Crippen LogP contribution in [0, 0.1) is 0 Å². The third-order valence-electron chi connectivity index (χ3n) is 1.58. The highest BCUT2D eigenvalue weighted by molar-refractivity contribution is 5.06. The van der Waals surface area contributed by atoms with Crippen LogP contribution in [0.4, 0.5) is 0 Å². The van der Waals surface area contributed by atoms with E-state index in [0.717, 1.165) is 6.42 Å². The lowest BCUT2D eigenvalue weighted by Crippen LogP contribution is -1.96. The molecule has 4 nitrogen and oxygen atoms in total. The predicted octanol–water partition coefficient (Wildman–Crippen LogP) is 1.88. The molecule has 4 heteroatoms. The van der Waals surface area contributed by atoms with Crippen LogP contribution in [0.5, 0.6) is 0 Å². The molecule has 0 aromatic carbocycles. The van der Waals surface area contributed by atoms with Crippen molar-refractivity contribution in [2.24, 2.45) is 12.2 Å². The van der Waals surface area contributed by atoms with Crippen LogP contribution < -0.4 is 0 Å². The third-order valence-corrected chi connectivity index (χ3v) is 1.58. The van der Waals surface area contributed by atoms with Gasteiger partial charge >= 0.3 is 0 Å². The first-order valence-electron chi connectivity index (χ1n) is 3.45. The van der Waals surface area contributed by atoms with Gasteiger partial charge < -0.3 is 4.57 Å². The number of rotatable bonds is 3. The van der Waals surface area contributed by atoms with Crippen molar-refractivity contribution in [3.05, 3.63) is 34.5 Å². The first-order valence-corrected chi connectivity index (χ1v) is 3.45. The molecule has 0 saturated heterocycles. The van der Waals surface area contributed by atoms with Crippen LogP contribution in [-0.2, 0) is 13.5 Å². The maximum atomic E-state index is 8.02. The van der Waals surface area contributed by atoms with Gasteiger partial charge in [0.15, 0.2) is 0 Å². The van der Waals surface area contributed by atoms with Crippen molar-refractivity contribution in [1.82, 2.24) is 4.57 Å². The molecule has 11 heavy (non-hydrogen) atoms. The Morgan fingerprint density at radius 3 is 3.09 bits per heavy atom. The number of aryl methyl sites for hydroxylation is 1. The van der Waals surface area contributed by atoms with Crippen LogP contribution in [0.1, 0.15) is 5.69 Å². The Morgan fingerprint density at radius 2 is 2.55 bits per heavy atom. The van der Waals surface area contributed by atoms with E-state index in [0.29, 0.717) is 6.54 Å². The highest BCUT2D eigenvalue weighted by atomic mass is 15.1. The fourth-order valence-electron chi connectivity index (χ4n) is 0.965. The lowest BCUT2D eigenvalue weighted by atomic mass is 10.3. The van der Waals surface area contributed by atoms with Gasteiger partial charge in [-0.2, -0.15) is 0 Å². The van der Waals surface area contributed by atoms with Gasteiger partial charge in [0, 0.05) is 30.4 Å². The van der Waals surface area contributed by atoms with Gasteiger partial charge in [-0.3, -0.25) is 0 Å². The summed E-state index contributed by atoms with van der Waals surface area (Å²) >= 11 is 0. The van der Waals surface area contributed by atoms with Gasteiger partial charge in [0.25, 0.3) is 0 Å². The molecule has 1 heterocycles. The molecule has 0 fully saturated rings. The molecule has 0 unspecified atom stereocenters. The Labute approximate surface area is 65.1 Å². The maximum Gasteiger partial charge on any atom is 0.0312 e. The summed E-state index contributed by atoms with van der Waals surface area (Å²) in [6, 6.07) is 4.00. The maximum absolute atomic E-state index is 8.02. The van der Waals surface area contributed by atoms with Crippen molar-refractivity contribution in [3.8, 4) is 0 Å². The minimum absolute atomic E-state index is 0.536. The Hall–Kier alpha value is -1.41. The molecule has 0 aliphatic rings. The molecule has 0 N–H and O–H groups in total. The van der Waals surface area contributed by atoms with Crippen molar-refractivity contribution in [2.45, 2.75) is 6.42 Å². The fourth-order valence-corrected chi connectivity index (χ4v) is 0.965. The van der Waals surface area contributed by atoms with Gasteiger partial charge in [0.1, 0.15) is 0 Å². The van der Waals surface area contributed by atoms with Gasteiger partial charge in [0.05, 0.1) is 0 Å². The van der Waals surface area contributed by atoms with E-state index in [1.807, 2.05) is 29.9 Å².